The Balaban J connectivity index is 1.78. The Morgan fingerprint density at radius 2 is 1.93 bits per heavy atom. The molecule has 4 nitrogen and oxygen atoms in total. The fourth-order valence-corrected chi connectivity index (χ4v) is 3.54. The van der Waals surface area contributed by atoms with Crippen LogP contribution in [-0.2, 0) is 12.8 Å². The molecule has 1 unspecified atom stereocenters. The molecule has 0 aliphatic heterocycles. The van der Waals surface area contributed by atoms with Gasteiger partial charge in [0.15, 0.2) is 5.82 Å². The summed E-state index contributed by atoms with van der Waals surface area (Å²) in [5.41, 5.74) is 3.11. The van der Waals surface area contributed by atoms with Gasteiger partial charge in [0.05, 0.1) is 6.04 Å². The number of fused-ring (bicyclic) bond motifs is 1. The molecule has 0 radical (unpaired) electrons. The molecule has 0 amide bonds. The highest BCUT2D eigenvalue weighted by molar-refractivity contribution is 5.59. The summed E-state index contributed by atoms with van der Waals surface area (Å²) in [5, 5.41) is 0. The van der Waals surface area contributed by atoms with E-state index in [2.05, 4.69) is 4.98 Å². The number of anilines is 1. The molecule has 1 atom stereocenters. The zero-order chi connectivity index (χ0) is 19.0. The van der Waals surface area contributed by atoms with E-state index >= 15 is 0 Å². The van der Waals surface area contributed by atoms with Crippen LogP contribution >= 0.6 is 0 Å². The summed E-state index contributed by atoms with van der Waals surface area (Å²) in [6, 6.07) is 8.78. The second-order valence-corrected chi connectivity index (χ2v) is 6.82. The second kappa shape index (κ2) is 7.02. The lowest BCUT2D eigenvalue weighted by molar-refractivity contribution is 0.564. The molecule has 0 saturated carbocycles. The van der Waals surface area contributed by atoms with Crippen molar-refractivity contribution in [2.75, 3.05) is 11.9 Å². The minimum Gasteiger partial charge on any atom is -0.352 e. The van der Waals surface area contributed by atoms with Gasteiger partial charge in [-0.3, -0.25) is 4.98 Å². The lowest BCUT2D eigenvalue weighted by atomic mass is 10.1. The van der Waals surface area contributed by atoms with Crippen molar-refractivity contribution in [3.63, 3.8) is 0 Å². The number of pyridine rings is 1. The van der Waals surface area contributed by atoms with Gasteiger partial charge in [-0.15, -0.1) is 0 Å². The minimum atomic E-state index is -0.450. The van der Waals surface area contributed by atoms with Crippen LogP contribution in [0, 0.1) is 11.6 Å². The van der Waals surface area contributed by atoms with Crippen LogP contribution in [0.3, 0.4) is 0 Å². The number of aryl methyl sites for hydroxylation is 1. The summed E-state index contributed by atoms with van der Waals surface area (Å²) in [4.78, 5) is 15.7. The summed E-state index contributed by atoms with van der Waals surface area (Å²) in [5.74, 6) is 0.444. The van der Waals surface area contributed by atoms with Crippen LogP contribution in [0.2, 0.25) is 0 Å². The Labute approximate surface area is 156 Å². The molecule has 6 heteroatoms. The Hall–Kier alpha value is -2.89. The van der Waals surface area contributed by atoms with E-state index in [0.717, 1.165) is 42.4 Å². The van der Waals surface area contributed by atoms with Crippen LogP contribution in [0.25, 0.3) is 11.5 Å². The smallest absolute Gasteiger partial charge is 0.180 e. The lowest BCUT2D eigenvalue weighted by Crippen LogP contribution is -2.25. The maximum Gasteiger partial charge on any atom is 0.180 e. The number of rotatable bonds is 4. The fraction of sp³-hybridized carbons (Fsp3) is 0.286. The van der Waals surface area contributed by atoms with Gasteiger partial charge in [0.1, 0.15) is 23.1 Å². The Bertz CT molecular complexity index is 975. The molecule has 2 aromatic heterocycles. The zero-order valence-corrected chi connectivity index (χ0v) is 15.3. The first-order valence-corrected chi connectivity index (χ1v) is 9.03. The maximum absolute atomic E-state index is 14.3. The van der Waals surface area contributed by atoms with E-state index in [-0.39, 0.29) is 6.04 Å². The normalized spacial score (nSPS) is 14.1. The SMILES string of the molecule is CC(c1cc(F)ccc1F)N(C)c1nc(-c2ccccn2)nc2c1CCC2. The van der Waals surface area contributed by atoms with Crippen molar-refractivity contribution in [2.24, 2.45) is 0 Å². The zero-order valence-electron chi connectivity index (χ0n) is 15.3. The number of hydrogen-bond acceptors (Lipinski definition) is 4. The van der Waals surface area contributed by atoms with E-state index in [9.17, 15) is 8.78 Å². The molecule has 0 spiro atoms. The summed E-state index contributed by atoms with van der Waals surface area (Å²) in [6.07, 6.45) is 4.50. The molecule has 0 fully saturated rings. The number of aromatic nitrogens is 3. The van der Waals surface area contributed by atoms with Crippen molar-refractivity contribution >= 4 is 5.82 Å². The van der Waals surface area contributed by atoms with Crippen LogP contribution in [0.1, 0.15) is 36.2 Å². The third kappa shape index (κ3) is 3.27. The topological polar surface area (TPSA) is 41.9 Å². The molecule has 1 aromatic carbocycles. The van der Waals surface area contributed by atoms with Crippen molar-refractivity contribution in [1.82, 2.24) is 15.0 Å². The largest absolute Gasteiger partial charge is 0.352 e. The Kier molecular flexibility index (Phi) is 4.56. The standard InChI is InChI=1S/C21H20F2N4/c1-13(16-12-14(22)9-10-17(16)23)27(2)21-15-6-5-8-18(15)25-20(26-21)19-7-3-4-11-24-19/h3-4,7,9-13H,5-6,8H2,1-2H3. The third-order valence-corrected chi connectivity index (χ3v) is 5.13. The van der Waals surface area contributed by atoms with Gasteiger partial charge in [0, 0.05) is 30.1 Å². The van der Waals surface area contributed by atoms with Crippen molar-refractivity contribution in [1.29, 1.82) is 0 Å². The van der Waals surface area contributed by atoms with Crippen molar-refractivity contribution in [2.45, 2.75) is 32.2 Å². The first kappa shape index (κ1) is 17.5. The van der Waals surface area contributed by atoms with Gasteiger partial charge in [0.2, 0.25) is 0 Å². The van der Waals surface area contributed by atoms with E-state index in [0.29, 0.717) is 17.1 Å². The average molecular weight is 366 g/mol. The Morgan fingerprint density at radius 3 is 2.70 bits per heavy atom. The summed E-state index contributed by atoms with van der Waals surface area (Å²) >= 11 is 0. The number of nitrogens with zero attached hydrogens (tertiary/aromatic N) is 4. The quantitative estimate of drug-likeness (QED) is 0.682. The van der Waals surface area contributed by atoms with Crippen LogP contribution in [0.5, 0.6) is 0 Å². The van der Waals surface area contributed by atoms with Crippen molar-refractivity contribution < 1.29 is 8.78 Å². The average Bonchev–Trinajstić information content (AvgIpc) is 3.17. The summed E-state index contributed by atoms with van der Waals surface area (Å²) in [6.45, 7) is 1.85. The molecule has 138 valence electrons. The predicted molar refractivity (Wildman–Crippen MR) is 100 cm³/mol. The van der Waals surface area contributed by atoms with Gasteiger partial charge in [-0.05, 0) is 56.5 Å². The van der Waals surface area contributed by atoms with Crippen LogP contribution in [0.4, 0.5) is 14.6 Å². The highest BCUT2D eigenvalue weighted by atomic mass is 19.1. The Morgan fingerprint density at radius 1 is 1.07 bits per heavy atom. The van der Waals surface area contributed by atoms with E-state index in [1.54, 1.807) is 6.20 Å². The molecule has 0 N–H and O–H groups in total. The molecular formula is C21H20F2N4. The highest BCUT2D eigenvalue weighted by Gasteiger charge is 2.26. The fourth-order valence-electron chi connectivity index (χ4n) is 3.54. The highest BCUT2D eigenvalue weighted by Crippen LogP contribution is 2.34. The van der Waals surface area contributed by atoms with E-state index in [1.807, 2.05) is 37.1 Å². The van der Waals surface area contributed by atoms with Gasteiger partial charge >= 0.3 is 0 Å². The molecule has 0 bridgehead atoms. The number of halogens is 2. The molecule has 1 aliphatic carbocycles. The number of benzene rings is 1. The minimum absolute atomic E-state index is 0.308. The van der Waals surface area contributed by atoms with Crippen molar-refractivity contribution in [3.05, 3.63) is 71.1 Å². The van der Waals surface area contributed by atoms with E-state index < -0.39 is 11.6 Å². The summed E-state index contributed by atoms with van der Waals surface area (Å²) in [7, 11) is 1.86. The lowest BCUT2D eigenvalue weighted by Gasteiger charge is -2.28. The second-order valence-electron chi connectivity index (χ2n) is 6.82. The van der Waals surface area contributed by atoms with E-state index in [1.165, 1.54) is 12.1 Å². The van der Waals surface area contributed by atoms with Crippen LogP contribution in [0.15, 0.2) is 42.6 Å². The monoisotopic (exact) mass is 366 g/mol. The van der Waals surface area contributed by atoms with Gasteiger partial charge < -0.3 is 4.90 Å². The first-order chi connectivity index (χ1) is 13.0. The molecule has 3 aromatic rings. The third-order valence-electron chi connectivity index (χ3n) is 5.13. The molecule has 4 rings (SSSR count). The summed E-state index contributed by atoms with van der Waals surface area (Å²) < 4.78 is 27.9. The predicted octanol–water partition coefficient (Wildman–Crippen LogP) is 4.50. The number of hydrogen-bond donors (Lipinski definition) is 0. The van der Waals surface area contributed by atoms with Crippen LogP contribution < -0.4 is 4.90 Å². The van der Waals surface area contributed by atoms with Gasteiger partial charge in [-0.1, -0.05) is 6.07 Å². The first-order valence-electron chi connectivity index (χ1n) is 9.03. The maximum atomic E-state index is 14.3. The van der Waals surface area contributed by atoms with Gasteiger partial charge in [-0.2, -0.15) is 0 Å². The van der Waals surface area contributed by atoms with Crippen LogP contribution in [-0.4, -0.2) is 22.0 Å². The van der Waals surface area contributed by atoms with Crippen molar-refractivity contribution in [3.8, 4) is 11.5 Å². The van der Waals surface area contributed by atoms with E-state index in [4.69, 9.17) is 9.97 Å². The van der Waals surface area contributed by atoms with Gasteiger partial charge in [0.25, 0.3) is 0 Å². The molecular weight excluding hydrogens is 346 g/mol. The molecule has 27 heavy (non-hydrogen) atoms. The molecule has 0 saturated heterocycles. The molecule has 1 aliphatic rings. The van der Waals surface area contributed by atoms with Gasteiger partial charge in [-0.25, -0.2) is 18.7 Å². The molecule has 2 heterocycles.